The quantitative estimate of drug-likeness (QED) is 0.501. The molecular formula is C19H18F4N4. The zero-order chi connectivity index (χ0) is 19.0. The number of halogens is 4. The molecule has 4 rings (SSSR count). The molecule has 0 aliphatic heterocycles. The first-order valence-electron chi connectivity index (χ1n) is 8.78. The number of fused-ring (bicyclic) bond motifs is 2. The second-order valence-electron chi connectivity index (χ2n) is 6.78. The number of aromatic nitrogens is 3. The van der Waals surface area contributed by atoms with Crippen LogP contribution in [0.25, 0.3) is 5.65 Å². The third-order valence-electron chi connectivity index (χ3n) is 4.85. The Hall–Kier alpha value is -2.48. The van der Waals surface area contributed by atoms with E-state index in [1.54, 1.807) is 18.3 Å². The molecular weight excluding hydrogens is 360 g/mol. The summed E-state index contributed by atoms with van der Waals surface area (Å²) in [7, 11) is 0. The number of pyridine rings is 2. The van der Waals surface area contributed by atoms with E-state index in [4.69, 9.17) is 0 Å². The smallest absolute Gasteiger partial charge is 0.280 e. The Morgan fingerprint density at radius 3 is 2.81 bits per heavy atom. The van der Waals surface area contributed by atoms with Gasteiger partial charge in [0, 0.05) is 18.9 Å². The summed E-state index contributed by atoms with van der Waals surface area (Å²) in [5.74, 6) is -0.502. The molecule has 3 aromatic rings. The molecule has 0 bridgehead atoms. The minimum atomic E-state index is -4.35. The Morgan fingerprint density at radius 1 is 1.19 bits per heavy atom. The van der Waals surface area contributed by atoms with Crippen LogP contribution in [-0.4, -0.2) is 32.0 Å². The summed E-state index contributed by atoms with van der Waals surface area (Å²) in [4.78, 5) is 10.00. The summed E-state index contributed by atoms with van der Waals surface area (Å²) < 4.78 is 54.9. The molecule has 0 radical (unpaired) electrons. The number of hydrogen-bond acceptors (Lipinski definition) is 3. The minimum absolute atomic E-state index is 0.0265. The van der Waals surface area contributed by atoms with E-state index in [0.29, 0.717) is 23.5 Å². The molecule has 0 amide bonds. The highest BCUT2D eigenvalue weighted by molar-refractivity contribution is 5.39. The van der Waals surface area contributed by atoms with Crippen LogP contribution in [0.2, 0.25) is 0 Å². The van der Waals surface area contributed by atoms with Gasteiger partial charge in [0.15, 0.2) is 5.95 Å². The zero-order valence-corrected chi connectivity index (χ0v) is 14.5. The number of rotatable bonds is 4. The van der Waals surface area contributed by atoms with Gasteiger partial charge < -0.3 is 0 Å². The van der Waals surface area contributed by atoms with E-state index in [-0.39, 0.29) is 6.54 Å². The van der Waals surface area contributed by atoms with Crippen LogP contribution in [0.4, 0.5) is 17.6 Å². The van der Waals surface area contributed by atoms with E-state index < -0.39 is 24.7 Å². The SMILES string of the molecule is Fc1cccc2nc(CN(CC(F)(F)F)C3CCCc4cccnc43)cn12. The van der Waals surface area contributed by atoms with Crippen molar-refractivity contribution in [2.45, 2.75) is 38.0 Å². The predicted octanol–water partition coefficient (Wildman–Crippen LogP) is 4.31. The number of imidazole rings is 1. The lowest BCUT2D eigenvalue weighted by atomic mass is 9.90. The maximum Gasteiger partial charge on any atom is 0.401 e. The van der Waals surface area contributed by atoms with Gasteiger partial charge in [-0.05, 0) is 43.0 Å². The molecule has 1 atom stereocenters. The van der Waals surface area contributed by atoms with E-state index in [0.717, 1.165) is 18.4 Å². The molecule has 0 saturated heterocycles. The maximum absolute atomic E-state index is 13.9. The fourth-order valence-corrected chi connectivity index (χ4v) is 3.76. The van der Waals surface area contributed by atoms with E-state index in [2.05, 4.69) is 9.97 Å². The van der Waals surface area contributed by atoms with E-state index >= 15 is 0 Å². The van der Waals surface area contributed by atoms with Gasteiger partial charge in [-0.3, -0.25) is 14.3 Å². The first kappa shape index (κ1) is 17.9. The highest BCUT2D eigenvalue weighted by Gasteiger charge is 2.36. The fourth-order valence-electron chi connectivity index (χ4n) is 3.76. The molecule has 3 aromatic heterocycles. The maximum atomic E-state index is 13.9. The molecule has 0 saturated carbocycles. The first-order chi connectivity index (χ1) is 12.9. The Bertz CT molecular complexity index is 950. The van der Waals surface area contributed by atoms with Gasteiger partial charge in [0.05, 0.1) is 24.0 Å². The molecule has 0 N–H and O–H groups in total. The summed E-state index contributed by atoms with van der Waals surface area (Å²) in [5.41, 5.74) is 2.46. The Kier molecular flexibility index (Phi) is 4.59. The minimum Gasteiger partial charge on any atom is -0.280 e. The normalized spacial score (nSPS) is 17.4. The van der Waals surface area contributed by atoms with Gasteiger partial charge in [0.1, 0.15) is 5.65 Å². The lowest BCUT2D eigenvalue weighted by molar-refractivity contribution is -0.153. The molecule has 27 heavy (non-hydrogen) atoms. The lowest BCUT2D eigenvalue weighted by Crippen LogP contribution is -2.38. The number of aryl methyl sites for hydroxylation is 1. The summed E-state index contributed by atoms with van der Waals surface area (Å²) in [5, 5.41) is 0. The van der Waals surface area contributed by atoms with Crippen molar-refractivity contribution in [1.82, 2.24) is 19.3 Å². The van der Waals surface area contributed by atoms with Crippen LogP contribution in [0.15, 0.2) is 42.7 Å². The van der Waals surface area contributed by atoms with E-state index in [1.807, 2.05) is 6.07 Å². The second-order valence-corrected chi connectivity index (χ2v) is 6.78. The molecule has 1 unspecified atom stereocenters. The van der Waals surface area contributed by atoms with Crippen molar-refractivity contribution in [3.8, 4) is 0 Å². The predicted molar refractivity (Wildman–Crippen MR) is 91.5 cm³/mol. The lowest BCUT2D eigenvalue weighted by Gasteiger charge is -2.35. The molecule has 3 heterocycles. The van der Waals surface area contributed by atoms with Crippen molar-refractivity contribution < 1.29 is 17.6 Å². The average molecular weight is 378 g/mol. The third-order valence-corrected chi connectivity index (χ3v) is 4.85. The molecule has 4 nitrogen and oxygen atoms in total. The number of nitrogens with zero attached hydrogens (tertiary/aromatic N) is 4. The van der Waals surface area contributed by atoms with Crippen molar-refractivity contribution in [3.63, 3.8) is 0 Å². The van der Waals surface area contributed by atoms with Crippen LogP contribution in [0.3, 0.4) is 0 Å². The molecule has 0 fully saturated rings. The van der Waals surface area contributed by atoms with Crippen molar-refractivity contribution in [3.05, 3.63) is 65.6 Å². The fraction of sp³-hybridized carbons (Fsp3) is 0.368. The molecule has 1 aliphatic carbocycles. The van der Waals surface area contributed by atoms with Gasteiger partial charge in [-0.1, -0.05) is 12.1 Å². The van der Waals surface area contributed by atoms with Crippen LogP contribution in [0.1, 0.15) is 35.8 Å². The van der Waals surface area contributed by atoms with Crippen molar-refractivity contribution >= 4 is 5.65 Å². The molecule has 8 heteroatoms. The van der Waals surface area contributed by atoms with Crippen LogP contribution >= 0.6 is 0 Å². The highest BCUT2D eigenvalue weighted by Crippen LogP contribution is 2.35. The van der Waals surface area contributed by atoms with Gasteiger partial charge in [-0.2, -0.15) is 17.6 Å². The number of hydrogen-bond donors (Lipinski definition) is 0. The van der Waals surface area contributed by atoms with E-state index in [1.165, 1.54) is 27.6 Å². The molecule has 142 valence electrons. The molecule has 0 aromatic carbocycles. The summed E-state index contributed by atoms with van der Waals surface area (Å²) >= 11 is 0. The highest BCUT2D eigenvalue weighted by atomic mass is 19.4. The topological polar surface area (TPSA) is 33.4 Å². The summed E-state index contributed by atoms with van der Waals surface area (Å²) in [6, 6.07) is 7.72. The summed E-state index contributed by atoms with van der Waals surface area (Å²) in [6.07, 6.45) is 0.939. The average Bonchev–Trinajstić information content (AvgIpc) is 3.03. The number of alkyl halides is 3. The standard InChI is InChI=1S/C19H18F4N4/c20-16-7-2-8-17-25-14(11-27(16)17)10-26(12-19(21,22)23)15-6-1-4-13-5-3-9-24-18(13)15/h2-3,5,7-9,11,15H,1,4,6,10,12H2. The van der Waals surface area contributed by atoms with Crippen molar-refractivity contribution in [1.29, 1.82) is 0 Å². The van der Waals surface area contributed by atoms with Gasteiger partial charge in [0.25, 0.3) is 0 Å². The zero-order valence-electron chi connectivity index (χ0n) is 14.5. The van der Waals surface area contributed by atoms with Gasteiger partial charge in [-0.15, -0.1) is 0 Å². The monoisotopic (exact) mass is 378 g/mol. The summed E-state index contributed by atoms with van der Waals surface area (Å²) in [6.45, 7) is -1.09. The van der Waals surface area contributed by atoms with Crippen molar-refractivity contribution in [2.75, 3.05) is 6.54 Å². The van der Waals surface area contributed by atoms with E-state index in [9.17, 15) is 17.6 Å². The first-order valence-corrected chi connectivity index (χ1v) is 8.78. The van der Waals surface area contributed by atoms with Crippen LogP contribution in [-0.2, 0) is 13.0 Å². The van der Waals surface area contributed by atoms with Gasteiger partial charge in [0.2, 0.25) is 0 Å². The largest absolute Gasteiger partial charge is 0.401 e. The van der Waals surface area contributed by atoms with Gasteiger partial charge >= 0.3 is 6.18 Å². The Balaban J connectivity index is 1.68. The molecule has 1 aliphatic rings. The van der Waals surface area contributed by atoms with Crippen LogP contribution in [0, 0.1) is 5.95 Å². The van der Waals surface area contributed by atoms with Crippen molar-refractivity contribution in [2.24, 2.45) is 0 Å². The second kappa shape index (κ2) is 6.92. The van der Waals surface area contributed by atoms with Crippen LogP contribution < -0.4 is 0 Å². The van der Waals surface area contributed by atoms with Gasteiger partial charge in [-0.25, -0.2) is 4.98 Å². The van der Waals surface area contributed by atoms with Crippen LogP contribution in [0.5, 0.6) is 0 Å². The third kappa shape index (κ3) is 3.80. The Labute approximate surface area is 153 Å². The molecule has 0 spiro atoms. The Morgan fingerprint density at radius 2 is 2.04 bits per heavy atom.